The highest BCUT2D eigenvalue weighted by Gasteiger charge is 2.06. The van der Waals surface area contributed by atoms with Gasteiger partial charge in [-0.15, -0.1) is 0 Å². The van der Waals surface area contributed by atoms with Crippen LogP contribution in [0.3, 0.4) is 0 Å². The van der Waals surface area contributed by atoms with E-state index in [0.717, 1.165) is 16.6 Å². The van der Waals surface area contributed by atoms with E-state index in [1.807, 2.05) is 37.3 Å². The Balaban J connectivity index is 2.30. The minimum atomic E-state index is -0.643. The molecular weight excluding hydrogens is 216 g/mol. The van der Waals surface area contributed by atoms with E-state index in [-0.39, 0.29) is 13.2 Å². The number of pyridine rings is 1. The monoisotopic (exact) mass is 232 g/mol. The maximum absolute atomic E-state index is 9.38. The number of benzene rings is 1. The molecule has 4 nitrogen and oxygen atoms in total. The lowest BCUT2D eigenvalue weighted by Gasteiger charge is -2.11. The smallest absolute Gasteiger partial charge is 0.145 e. The van der Waals surface area contributed by atoms with Gasteiger partial charge in [-0.25, -0.2) is 4.98 Å². The van der Waals surface area contributed by atoms with Gasteiger partial charge in [-0.2, -0.15) is 0 Å². The molecule has 2 aromatic rings. The van der Waals surface area contributed by atoms with Crippen molar-refractivity contribution in [1.29, 1.82) is 0 Å². The van der Waals surface area contributed by atoms with E-state index in [9.17, 15) is 5.11 Å². The predicted molar refractivity (Wildman–Crippen MR) is 67.0 cm³/mol. The molecule has 0 saturated carbocycles. The first-order valence-electron chi connectivity index (χ1n) is 5.58. The van der Waals surface area contributed by atoms with Crippen LogP contribution in [0.1, 0.15) is 5.69 Å². The van der Waals surface area contributed by atoms with Gasteiger partial charge in [0.2, 0.25) is 0 Å². The molecule has 0 spiro atoms. The Morgan fingerprint density at radius 1 is 1.35 bits per heavy atom. The molecule has 1 aromatic heterocycles. The van der Waals surface area contributed by atoms with Crippen molar-refractivity contribution in [1.82, 2.24) is 4.98 Å². The maximum atomic E-state index is 9.38. The Labute approximate surface area is 100 Å². The number of aromatic nitrogens is 1. The number of para-hydroxylation sites is 1. The van der Waals surface area contributed by atoms with Gasteiger partial charge in [0.05, 0.1) is 0 Å². The van der Waals surface area contributed by atoms with Crippen LogP contribution in [0.25, 0.3) is 10.9 Å². The molecule has 0 unspecified atom stereocenters. The molecule has 1 atom stereocenters. The fourth-order valence-corrected chi connectivity index (χ4v) is 1.59. The van der Waals surface area contributed by atoms with Crippen molar-refractivity contribution < 1.29 is 9.84 Å². The number of fused-ring (bicyclic) bond motifs is 1. The van der Waals surface area contributed by atoms with Crippen molar-refractivity contribution in [3.63, 3.8) is 0 Å². The van der Waals surface area contributed by atoms with E-state index in [2.05, 4.69) is 4.98 Å². The van der Waals surface area contributed by atoms with E-state index < -0.39 is 6.10 Å². The molecule has 3 N–H and O–H groups in total. The van der Waals surface area contributed by atoms with Crippen molar-refractivity contribution in [3.8, 4) is 5.75 Å². The van der Waals surface area contributed by atoms with Crippen LogP contribution in [0.2, 0.25) is 0 Å². The van der Waals surface area contributed by atoms with Gasteiger partial charge in [0.1, 0.15) is 24.0 Å². The van der Waals surface area contributed by atoms with E-state index in [0.29, 0.717) is 5.75 Å². The summed E-state index contributed by atoms with van der Waals surface area (Å²) >= 11 is 0. The molecule has 2 rings (SSSR count). The molecular formula is C13H16N2O2. The van der Waals surface area contributed by atoms with Gasteiger partial charge in [0.15, 0.2) is 0 Å². The summed E-state index contributed by atoms with van der Waals surface area (Å²) in [5, 5.41) is 10.4. The molecule has 0 fully saturated rings. The van der Waals surface area contributed by atoms with Gasteiger partial charge in [-0.3, -0.25) is 0 Å². The van der Waals surface area contributed by atoms with E-state index in [4.69, 9.17) is 10.5 Å². The van der Waals surface area contributed by atoms with Crippen LogP contribution < -0.4 is 10.5 Å². The first-order valence-corrected chi connectivity index (χ1v) is 5.58. The molecule has 1 aromatic carbocycles. The number of hydrogen-bond acceptors (Lipinski definition) is 4. The fraction of sp³-hybridized carbons (Fsp3) is 0.308. The topological polar surface area (TPSA) is 68.4 Å². The standard InChI is InChI=1S/C13H16N2O2/c1-9-5-6-10-3-2-4-12(13(10)15-9)17-8-11(16)7-14/h2-6,11,16H,7-8,14H2,1H3/t11-/m0/s1. The average molecular weight is 232 g/mol. The number of hydrogen-bond donors (Lipinski definition) is 2. The van der Waals surface area contributed by atoms with E-state index in [1.165, 1.54) is 0 Å². The van der Waals surface area contributed by atoms with Crippen molar-refractivity contribution in [3.05, 3.63) is 36.0 Å². The predicted octanol–water partition coefficient (Wildman–Crippen LogP) is 1.24. The zero-order chi connectivity index (χ0) is 12.3. The van der Waals surface area contributed by atoms with Gasteiger partial charge >= 0.3 is 0 Å². The SMILES string of the molecule is Cc1ccc2cccc(OC[C@@H](O)CN)c2n1. The Morgan fingerprint density at radius 2 is 2.18 bits per heavy atom. The number of aliphatic hydroxyl groups excluding tert-OH is 1. The summed E-state index contributed by atoms with van der Waals surface area (Å²) in [7, 11) is 0. The van der Waals surface area contributed by atoms with Gasteiger partial charge in [-0.1, -0.05) is 18.2 Å². The number of aryl methyl sites for hydroxylation is 1. The summed E-state index contributed by atoms with van der Waals surface area (Å²) < 4.78 is 5.53. The van der Waals surface area contributed by atoms with Crippen LogP contribution in [0.4, 0.5) is 0 Å². The molecule has 90 valence electrons. The number of aliphatic hydroxyl groups is 1. The molecule has 1 heterocycles. The summed E-state index contributed by atoms with van der Waals surface area (Å²) in [4.78, 5) is 4.44. The van der Waals surface area contributed by atoms with Crippen LogP contribution in [-0.2, 0) is 0 Å². The lowest BCUT2D eigenvalue weighted by Crippen LogP contribution is -2.26. The molecule has 0 amide bonds. The highest BCUT2D eigenvalue weighted by Crippen LogP contribution is 2.23. The summed E-state index contributed by atoms with van der Waals surface area (Å²) in [6.07, 6.45) is -0.643. The molecule has 0 aliphatic heterocycles. The van der Waals surface area contributed by atoms with Crippen LogP contribution in [0.5, 0.6) is 5.75 Å². The number of rotatable bonds is 4. The average Bonchev–Trinajstić information content (AvgIpc) is 2.35. The zero-order valence-corrected chi connectivity index (χ0v) is 9.76. The number of nitrogens with two attached hydrogens (primary N) is 1. The quantitative estimate of drug-likeness (QED) is 0.832. The van der Waals surface area contributed by atoms with Crippen molar-refractivity contribution >= 4 is 10.9 Å². The fourth-order valence-electron chi connectivity index (χ4n) is 1.59. The molecule has 0 radical (unpaired) electrons. The first-order chi connectivity index (χ1) is 8.20. The molecule has 0 aliphatic rings. The molecule has 0 bridgehead atoms. The maximum Gasteiger partial charge on any atom is 0.145 e. The lowest BCUT2D eigenvalue weighted by molar-refractivity contribution is 0.115. The highest BCUT2D eigenvalue weighted by atomic mass is 16.5. The summed E-state index contributed by atoms with van der Waals surface area (Å²) in [5.41, 5.74) is 7.08. The third kappa shape index (κ3) is 2.72. The van der Waals surface area contributed by atoms with Crippen molar-refractivity contribution in [2.24, 2.45) is 5.73 Å². The van der Waals surface area contributed by atoms with Crippen LogP contribution in [0, 0.1) is 6.92 Å². The van der Waals surface area contributed by atoms with Gasteiger partial charge in [0.25, 0.3) is 0 Å². The highest BCUT2D eigenvalue weighted by molar-refractivity contribution is 5.84. The Kier molecular flexibility index (Phi) is 3.56. The minimum Gasteiger partial charge on any atom is -0.489 e. The second-order valence-electron chi connectivity index (χ2n) is 3.98. The van der Waals surface area contributed by atoms with Gasteiger partial charge < -0.3 is 15.6 Å². The lowest BCUT2D eigenvalue weighted by atomic mass is 10.2. The Hall–Kier alpha value is -1.65. The summed E-state index contributed by atoms with van der Waals surface area (Å²) in [6, 6.07) is 9.69. The second kappa shape index (κ2) is 5.12. The van der Waals surface area contributed by atoms with Gasteiger partial charge in [-0.05, 0) is 19.1 Å². The first kappa shape index (κ1) is 11.8. The van der Waals surface area contributed by atoms with Crippen molar-refractivity contribution in [2.45, 2.75) is 13.0 Å². The Bertz CT molecular complexity index is 514. The van der Waals surface area contributed by atoms with Crippen LogP contribution >= 0.6 is 0 Å². The van der Waals surface area contributed by atoms with E-state index >= 15 is 0 Å². The second-order valence-corrected chi connectivity index (χ2v) is 3.98. The third-order valence-corrected chi connectivity index (χ3v) is 2.53. The minimum absolute atomic E-state index is 0.186. The summed E-state index contributed by atoms with van der Waals surface area (Å²) in [6.45, 7) is 2.31. The Morgan fingerprint density at radius 3 is 2.94 bits per heavy atom. The largest absolute Gasteiger partial charge is 0.489 e. The molecule has 0 saturated heterocycles. The van der Waals surface area contributed by atoms with Crippen LogP contribution in [0.15, 0.2) is 30.3 Å². The summed E-state index contributed by atoms with van der Waals surface area (Å²) in [5.74, 6) is 0.679. The molecule has 0 aliphatic carbocycles. The normalized spacial score (nSPS) is 12.6. The third-order valence-electron chi connectivity index (χ3n) is 2.53. The zero-order valence-electron chi connectivity index (χ0n) is 9.76. The molecule has 4 heteroatoms. The number of ether oxygens (including phenoxy) is 1. The van der Waals surface area contributed by atoms with Crippen LogP contribution in [-0.4, -0.2) is 29.3 Å². The van der Waals surface area contributed by atoms with Crippen molar-refractivity contribution in [2.75, 3.05) is 13.2 Å². The number of nitrogens with zero attached hydrogens (tertiary/aromatic N) is 1. The molecule has 17 heavy (non-hydrogen) atoms. The van der Waals surface area contributed by atoms with Gasteiger partial charge in [0, 0.05) is 17.6 Å². The van der Waals surface area contributed by atoms with E-state index in [1.54, 1.807) is 0 Å².